The van der Waals surface area contributed by atoms with Crippen molar-refractivity contribution in [1.82, 2.24) is 4.90 Å². The zero-order valence-electron chi connectivity index (χ0n) is 14.7. The Labute approximate surface area is 152 Å². The Kier molecular flexibility index (Phi) is 5.72. The summed E-state index contributed by atoms with van der Waals surface area (Å²) in [5.41, 5.74) is 2.38. The number of nitriles is 1. The Morgan fingerprint density at radius 3 is 2.62 bits per heavy atom. The molecule has 0 aromatic heterocycles. The molecule has 0 bridgehead atoms. The zero-order valence-corrected chi connectivity index (χ0v) is 14.7. The molecule has 0 atom stereocenters. The van der Waals surface area contributed by atoms with E-state index in [1.54, 1.807) is 24.3 Å². The molecule has 1 aliphatic heterocycles. The van der Waals surface area contributed by atoms with Crippen LogP contribution in [0, 0.1) is 11.3 Å². The number of benzene rings is 2. The normalized spacial score (nSPS) is 12.5. The summed E-state index contributed by atoms with van der Waals surface area (Å²) in [6, 6.07) is 14.8. The van der Waals surface area contributed by atoms with Gasteiger partial charge in [0.2, 0.25) is 5.91 Å². The molecule has 1 heterocycles. The van der Waals surface area contributed by atoms with Crippen LogP contribution in [-0.2, 0) is 11.3 Å². The third kappa shape index (κ3) is 4.74. The number of ether oxygens (including phenoxy) is 2. The highest BCUT2D eigenvalue weighted by molar-refractivity contribution is 5.90. The number of amides is 1. The standard InChI is InChI=1S/C20H21N3O3/c1-23(14-16-4-7-18-19(12-16)26-11-10-25-18)9-8-20(24)22-17-5-2-15(13-21)3-6-17/h2-7,12H,8-11,14H2,1H3,(H,22,24). The predicted molar refractivity (Wildman–Crippen MR) is 98.2 cm³/mol. The molecule has 6 heteroatoms. The van der Waals surface area contributed by atoms with Gasteiger partial charge in [0.05, 0.1) is 11.6 Å². The molecular weight excluding hydrogens is 330 g/mol. The summed E-state index contributed by atoms with van der Waals surface area (Å²) in [5.74, 6) is 1.51. The van der Waals surface area contributed by atoms with Gasteiger partial charge in [-0.1, -0.05) is 6.07 Å². The molecule has 2 aromatic carbocycles. The number of nitrogens with zero attached hydrogens (tertiary/aromatic N) is 2. The molecular formula is C20H21N3O3. The molecule has 1 N–H and O–H groups in total. The number of carbonyl (C=O) groups is 1. The van der Waals surface area contributed by atoms with Crippen LogP contribution >= 0.6 is 0 Å². The van der Waals surface area contributed by atoms with Crippen LogP contribution in [-0.4, -0.2) is 37.6 Å². The monoisotopic (exact) mass is 351 g/mol. The van der Waals surface area contributed by atoms with Gasteiger partial charge in [0.25, 0.3) is 0 Å². The molecule has 0 aliphatic carbocycles. The van der Waals surface area contributed by atoms with Crippen LogP contribution < -0.4 is 14.8 Å². The second kappa shape index (κ2) is 8.37. The van der Waals surface area contributed by atoms with E-state index in [9.17, 15) is 4.79 Å². The molecule has 0 fully saturated rings. The molecule has 26 heavy (non-hydrogen) atoms. The lowest BCUT2D eigenvalue weighted by atomic mass is 10.2. The van der Waals surface area contributed by atoms with Crippen molar-refractivity contribution >= 4 is 11.6 Å². The van der Waals surface area contributed by atoms with Gasteiger partial charge in [-0.3, -0.25) is 4.79 Å². The van der Waals surface area contributed by atoms with Crippen molar-refractivity contribution in [2.75, 3.05) is 32.1 Å². The van der Waals surface area contributed by atoms with Gasteiger partial charge >= 0.3 is 0 Å². The average Bonchev–Trinajstić information content (AvgIpc) is 2.67. The molecule has 0 unspecified atom stereocenters. The lowest BCUT2D eigenvalue weighted by molar-refractivity contribution is -0.116. The summed E-state index contributed by atoms with van der Waals surface area (Å²) in [5, 5.41) is 11.6. The van der Waals surface area contributed by atoms with Gasteiger partial charge in [0.1, 0.15) is 13.2 Å². The summed E-state index contributed by atoms with van der Waals surface area (Å²) < 4.78 is 11.1. The molecule has 1 amide bonds. The number of nitrogens with one attached hydrogen (secondary N) is 1. The van der Waals surface area contributed by atoms with Crippen LogP contribution in [0.4, 0.5) is 5.69 Å². The van der Waals surface area contributed by atoms with Crippen molar-refractivity contribution in [3.8, 4) is 17.6 Å². The van der Waals surface area contributed by atoms with Gasteiger partial charge in [-0.25, -0.2) is 0 Å². The molecule has 0 saturated carbocycles. The molecule has 0 spiro atoms. The summed E-state index contributed by atoms with van der Waals surface area (Å²) in [6.07, 6.45) is 0.390. The van der Waals surface area contributed by atoms with Crippen molar-refractivity contribution in [3.05, 3.63) is 53.6 Å². The van der Waals surface area contributed by atoms with E-state index in [0.717, 1.165) is 23.6 Å². The summed E-state index contributed by atoms with van der Waals surface area (Å²) in [7, 11) is 1.98. The van der Waals surface area contributed by atoms with Crippen LogP contribution in [0.2, 0.25) is 0 Å². The number of hydrogen-bond acceptors (Lipinski definition) is 5. The van der Waals surface area contributed by atoms with Crippen LogP contribution in [0.25, 0.3) is 0 Å². The van der Waals surface area contributed by atoms with Gasteiger partial charge in [-0.15, -0.1) is 0 Å². The maximum atomic E-state index is 12.1. The second-order valence-electron chi connectivity index (χ2n) is 6.20. The first-order valence-electron chi connectivity index (χ1n) is 8.51. The highest BCUT2D eigenvalue weighted by atomic mass is 16.6. The minimum Gasteiger partial charge on any atom is -0.486 e. The van der Waals surface area contributed by atoms with Crippen molar-refractivity contribution < 1.29 is 14.3 Å². The van der Waals surface area contributed by atoms with E-state index in [1.165, 1.54) is 0 Å². The zero-order chi connectivity index (χ0) is 18.4. The molecule has 134 valence electrons. The third-order valence-corrected chi connectivity index (χ3v) is 4.08. The van der Waals surface area contributed by atoms with Crippen LogP contribution in [0.3, 0.4) is 0 Å². The lowest BCUT2D eigenvalue weighted by Crippen LogP contribution is -2.24. The maximum absolute atomic E-state index is 12.1. The summed E-state index contributed by atoms with van der Waals surface area (Å²) >= 11 is 0. The van der Waals surface area contributed by atoms with E-state index >= 15 is 0 Å². The highest BCUT2D eigenvalue weighted by Gasteiger charge is 2.13. The quantitative estimate of drug-likeness (QED) is 0.866. The number of rotatable bonds is 6. The molecule has 0 radical (unpaired) electrons. The van der Waals surface area contributed by atoms with Crippen LogP contribution in [0.5, 0.6) is 11.5 Å². The first-order valence-corrected chi connectivity index (χ1v) is 8.51. The van der Waals surface area contributed by atoms with Crippen molar-refractivity contribution in [1.29, 1.82) is 5.26 Å². The van der Waals surface area contributed by atoms with Crippen LogP contribution in [0.1, 0.15) is 17.5 Å². The lowest BCUT2D eigenvalue weighted by Gasteiger charge is -2.21. The number of carbonyl (C=O) groups excluding carboxylic acids is 1. The fourth-order valence-corrected chi connectivity index (χ4v) is 2.72. The van der Waals surface area contributed by atoms with E-state index in [4.69, 9.17) is 14.7 Å². The van der Waals surface area contributed by atoms with Gasteiger partial charge < -0.3 is 19.7 Å². The Balaban J connectivity index is 1.46. The van der Waals surface area contributed by atoms with Gasteiger partial charge in [-0.2, -0.15) is 5.26 Å². The SMILES string of the molecule is CN(CCC(=O)Nc1ccc(C#N)cc1)Cc1ccc2c(c1)OCCO2. The third-order valence-electron chi connectivity index (χ3n) is 4.08. The van der Waals surface area contributed by atoms with Crippen molar-refractivity contribution in [2.45, 2.75) is 13.0 Å². The second-order valence-corrected chi connectivity index (χ2v) is 6.20. The predicted octanol–water partition coefficient (Wildman–Crippen LogP) is 2.79. The number of fused-ring (bicyclic) bond motifs is 1. The Morgan fingerprint density at radius 1 is 1.15 bits per heavy atom. The van der Waals surface area contributed by atoms with Crippen molar-refractivity contribution in [3.63, 3.8) is 0 Å². The van der Waals surface area contributed by atoms with E-state index in [1.807, 2.05) is 25.2 Å². The Morgan fingerprint density at radius 2 is 1.88 bits per heavy atom. The largest absolute Gasteiger partial charge is 0.486 e. The Hall–Kier alpha value is -3.04. The summed E-state index contributed by atoms with van der Waals surface area (Å²) in [6.45, 7) is 2.51. The molecule has 0 saturated heterocycles. The molecule has 2 aromatic rings. The Bertz CT molecular complexity index is 812. The minimum absolute atomic E-state index is 0.0521. The summed E-state index contributed by atoms with van der Waals surface area (Å²) in [4.78, 5) is 14.2. The molecule has 6 nitrogen and oxygen atoms in total. The van der Waals surface area contributed by atoms with Gasteiger partial charge in [0.15, 0.2) is 11.5 Å². The van der Waals surface area contributed by atoms with Crippen molar-refractivity contribution in [2.24, 2.45) is 0 Å². The van der Waals surface area contributed by atoms with Crippen LogP contribution in [0.15, 0.2) is 42.5 Å². The van der Waals surface area contributed by atoms with E-state index in [-0.39, 0.29) is 5.91 Å². The van der Waals surface area contributed by atoms with Gasteiger partial charge in [0, 0.05) is 25.2 Å². The first kappa shape index (κ1) is 17.8. The topological polar surface area (TPSA) is 74.6 Å². The van der Waals surface area contributed by atoms with E-state index in [2.05, 4.69) is 16.3 Å². The maximum Gasteiger partial charge on any atom is 0.225 e. The highest BCUT2D eigenvalue weighted by Crippen LogP contribution is 2.31. The first-order chi connectivity index (χ1) is 12.6. The minimum atomic E-state index is -0.0521. The number of anilines is 1. The number of hydrogen-bond donors (Lipinski definition) is 1. The smallest absolute Gasteiger partial charge is 0.225 e. The van der Waals surface area contributed by atoms with Gasteiger partial charge in [-0.05, 0) is 49.0 Å². The average molecular weight is 351 g/mol. The van der Waals surface area contributed by atoms with E-state index < -0.39 is 0 Å². The molecule has 3 rings (SSSR count). The molecule has 1 aliphatic rings. The fraction of sp³-hybridized carbons (Fsp3) is 0.300. The fourth-order valence-electron chi connectivity index (χ4n) is 2.72. The van der Waals surface area contributed by atoms with E-state index in [0.29, 0.717) is 37.4 Å².